The van der Waals surface area contributed by atoms with Crippen molar-refractivity contribution in [3.8, 4) is 0 Å². The van der Waals surface area contributed by atoms with Crippen LogP contribution in [0.3, 0.4) is 0 Å². The summed E-state index contributed by atoms with van der Waals surface area (Å²) in [4.78, 5) is 0. The number of quaternary nitrogens is 1. The first-order valence-corrected chi connectivity index (χ1v) is 12.1. The molecular weight excluding hydrogens is 357 g/mol. The third-order valence-corrected chi connectivity index (χ3v) is 5.73. The van der Waals surface area contributed by atoms with Gasteiger partial charge in [-0.05, 0) is 38.5 Å². The molecule has 0 amide bonds. The average molecular weight is 406 g/mol. The molecule has 0 saturated heterocycles. The zero-order valence-corrected chi connectivity index (χ0v) is 19.7. The lowest BCUT2D eigenvalue weighted by Gasteiger charge is -2.30. The highest BCUT2D eigenvalue weighted by atomic mass is 19.0. The van der Waals surface area contributed by atoms with E-state index in [1.165, 1.54) is 102 Å². The highest BCUT2D eigenvalue weighted by molar-refractivity contribution is 5.13. The number of nitrogens with zero attached hydrogens (tertiary/aromatic N) is 1. The first-order chi connectivity index (χ1) is 13.6. The molecule has 0 spiro atoms. The Balaban J connectivity index is 0.00000784. The van der Waals surface area contributed by atoms with Crippen molar-refractivity contribution in [2.75, 3.05) is 20.6 Å². The summed E-state index contributed by atoms with van der Waals surface area (Å²) in [6.45, 7) is 4.72. The van der Waals surface area contributed by atoms with Crippen LogP contribution in [-0.4, -0.2) is 25.1 Å². The summed E-state index contributed by atoms with van der Waals surface area (Å²) in [5.41, 5.74) is 1.46. The van der Waals surface area contributed by atoms with Crippen molar-refractivity contribution in [3.05, 3.63) is 48.0 Å². The maximum absolute atomic E-state index is 2.43. The molecule has 0 atom stereocenters. The Hall–Kier alpha value is -1.15. The van der Waals surface area contributed by atoms with E-state index in [0.29, 0.717) is 0 Å². The van der Waals surface area contributed by atoms with E-state index in [1.54, 1.807) is 0 Å². The molecular formula is C27H48FN. The van der Waals surface area contributed by atoms with Gasteiger partial charge in [-0.3, -0.25) is 0 Å². The molecule has 0 saturated carbocycles. The molecule has 0 heterocycles. The average Bonchev–Trinajstić information content (AvgIpc) is 2.68. The molecule has 0 aromatic heterocycles. The summed E-state index contributed by atoms with van der Waals surface area (Å²) in [6, 6.07) is 10.9. The smallest absolute Gasteiger partial charge is 0.104 e. The van der Waals surface area contributed by atoms with Crippen molar-refractivity contribution in [3.63, 3.8) is 0 Å². The molecule has 0 aliphatic rings. The van der Waals surface area contributed by atoms with Crippen LogP contribution in [0.4, 0.5) is 0 Å². The Kier molecular flexibility index (Phi) is 18.1. The number of benzene rings is 1. The van der Waals surface area contributed by atoms with E-state index >= 15 is 0 Å². The first-order valence-electron chi connectivity index (χ1n) is 12.1. The standard InChI is InChI=1S/C27H48N.FH/c1-4-5-6-7-8-9-10-11-12-13-14-15-16-17-18-22-25-28(2,3)26-27-23-20-19-21-24-27;/h11-12,19-21,23-24H,4-10,13-18,22,25-26H2,1-3H3;1H/q+1;/p-1. The Bertz CT molecular complexity index is 481. The minimum atomic E-state index is 0. The van der Waals surface area contributed by atoms with Gasteiger partial charge in [0.15, 0.2) is 0 Å². The minimum absolute atomic E-state index is 0. The van der Waals surface area contributed by atoms with Gasteiger partial charge in [-0.25, -0.2) is 0 Å². The zero-order valence-electron chi connectivity index (χ0n) is 19.7. The Morgan fingerprint density at radius 2 is 1.14 bits per heavy atom. The molecule has 29 heavy (non-hydrogen) atoms. The molecule has 168 valence electrons. The fourth-order valence-electron chi connectivity index (χ4n) is 3.94. The number of hydrogen-bond acceptors (Lipinski definition) is 0. The molecule has 0 unspecified atom stereocenters. The molecule has 0 fully saturated rings. The fraction of sp³-hybridized carbons (Fsp3) is 0.704. The van der Waals surface area contributed by atoms with E-state index in [9.17, 15) is 0 Å². The van der Waals surface area contributed by atoms with E-state index in [1.807, 2.05) is 0 Å². The van der Waals surface area contributed by atoms with Gasteiger partial charge < -0.3 is 9.19 Å². The molecule has 0 aliphatic heterocycles. The second-order valence-corrected chi connectivity index (χ2v) is 9.24. The maximum atomic E-state index is 2.43. The van der Waals surface area contributed by atoms with Gasteiger partial charge in [-0.15, -0.1) is 0 Å². The number of unbranched alkanes of at least 4 members (excludes halogenated alkanes) is 12. The van der Waals surface area contributed by atoms with E-state index < -0.39 is 0 Å². The molecule has 1 aromatic rings. The van der Waals surface area contributed by atoms with Crippen LogP contribution in [0.5, 0.6) is 0 Å². The maximum Gasteiger partial charge on any atom is 0.104 e. The van der Waals surface area contributed by atoms with Gasteiger partial charge in [0.05, 0.1) is 20.6 Å². The lowest BCUT2D eigenvalue weighted by atomic mass is 10.1. The van der Waals surface area contributed by atoms with Gasteiger partial charge in [0.25, 0.3) is 0 Å². The minimum Gasteiger partial charge on any atom is -1.00 e. The summed E-state index contributed by atoms with van der Waals surface area (Å²) in [5.74, 6) is 0. The van der Waals surface area contributed by atoms with Crippen molar-refractivity contribution < 1.29 is 9.19 Å². The lowest BCUT2D eigenvalue weighted by Crippen LogP contribution is -3.00. The summed E-state index contributed by atoms with van der Waals surface area (Å²) in [6.07, 6.45) is 24.2. The van der Waals surface area contributed by atoms with E-state index in [0.717, 1.165) is 11.0 Å². The van der Waals surface area contributed by atoms with Gasteiger partial charge in [-0.2, -0.15) is 0 Å². The number of allylic oxidation sites excluding steroid dienone is 2. The second-order valence-electron chi connectivity index (χ2n) is 9.24. The Morgan fingerprint density at radius 3 is 1.69 bits per heavy atom. The lowest BCUT2D eigenvalue weighted by molar-refractivity contribution is -0.903. The summed E-state index contributed by atoms with van der Waals surface area (Å²) >= 11 is 0. The molecule has 1 rings (SSSR count). The summed E-state index contributed by atoms with van der Waals surface area (Å²) < 4.78 is 1.10. The van der Waals surface area contributed by atoms with E-state index in [-0.39, 0.29) is 4.70 Å². The van der Waals surface area contributed by atoms with Crippen LogP contribution in [-0.2, 0) is 6.54 Å². The molecule has 0 radical (unpaired) electrons. The van der Waals surface area contributed by atoms with Crippen LogP contribution in [0.15, 0.2) is 42.5 Å². The van der Waals surface area contributed by atoms with Crippen LogP contribution < -0.4 is 4.70 Å². The van der Waals surface area contributed by atoms with E-state index in [2.05, 4.69) is 63.5 Å². The normalized spacial score (nSPS) is 11.7. The highest BCUT2D eigenvalue weighted by Crippen LogP contribution is 2.13. The molecule has 2 heteroatoms. The number of halogens is 1. The Morgan fingerprint density at radius 1 is 0.655 bits per heavy atom. The molecule has 0 aliphatic carbocycles. The van der Waals surface area contributed by atoms with Crippen LogP contribution in [0.1, 0.15) is 102 Å². The molecule has 0 N–H and O–H groups in total. The van der Waals surface area contributed by atoms with Gasteiger partial charge in [-0.1, -0.05) is 101 Å². The highest BCUT2D eigenvalue weighted by Gasteiger charge is 2.14. The van der Waals surface area contributed by atoms with Crippen molar-refractivity contribution >= 4 is 0 Å². The third-order valence-electron chi connectivity index (χ3n) is 5.73. The second kappa shape index (κ2) is 18.9. The third kappa shape index (κ3) is 17.4. The van der Waals surface area contributed by atoms with Crippen molar-refractivity contribution in [2.45, 2.75) is 103 Å². The van der Waals surface area contributed by atoms with Gasteiger partial charge in [0.2, 0.25) is 0 Å². The van der Waals surface area contributed by atoms with Crippen LogP contribution >= 0.6 is 0 Å². The summed E-state index contributed by atoms with van der Waals surface area (Å²) in [5, 5.41) is 0. The largest absolute Gasteiger partial charge is 1.00 e. The molecule has 0 bridgehead atoms. The van der Waals surface area contributed by atoms with Gasteiger partial charge in [0.1, 0.15) is 6.54 Å². The zero-order chi connectivity index (χ0) is 20.3. The van der Waals surface area contributed by atoms with Crippen molar-refractivity contribution in [2.24, 2.45) is 0 Å². The van der Waals surface area contributed by atoms with Crippen LogP contribution in [0, 0.1) is 0 Å². The Labute approximate surface area is 181 Å². The fourth-order valence-corrected chi connectivity index (χ4v) is 3.94. The monoisotopic (exact) mass is 405 g/mol. The van der Waals surface area contributed by atoms with Crippen LogP contribution in [0.25, 0.3) is 0 Å². The predicted molar refractivity (Wildman–Crippen MR) is 127 cm³/mol. The molecule has 1 aromatic carbocycles. The van der Waals surface area contributed by atoms with Crippen molar-refractivity contribution in [1.29, 1.82) is 0 Å². The number of hydrogen-bond donors (Lipinski definition) is 0. The topological polar surface area (TPSA) is 0 Å². The molecule has 1 nitrogen and oxygen atoms in total. The first kappa shape index (κ1) is 27.8. The van der Waals surface area contributed by atoms with Gasteiger partial charge >= 0.3 is 0 Å². The summed E-state index contributed by atoms with van der Waals surface area (Å²) in [7, 11) is 4.73. The van der Waals surface area contributed by atoms with Crippen molar-refractivity contribution in [1.82, 2.24) is 0 Å². The quantitative estimate of drug-likeness (QED) is 0.176. The van der Waals surface area contributed by atoms with Crippen LogP contribution in [0.2, 0.25) is 0 Å². The van der Waals surface area contributed by atoms with Gasteiger partial charge in [0, 0.05) is 5.56 Å². The SMILES string of the molecule is CCCCCCCCC=CCCCCCCCC[N+](C)(C)Cc1ccccc1.[F-]. The van der Waals surface area contributed by atoms with E-state index in [4.69, 9.17) is 0 Å². The number of rotatable bonds is 18. The predicted octanol–water partition coefficient (Wildman–Crippen LogP) is 5.30.